The first-order valence-electron chi connectivity index (χ1n) is 6.11. The lowest BCUT2D eigenvalue weighted by Gasteiger charge is -2.36. The lowest BCUT2D eigenvalue weighted by Crippen LogP contribution is -2.44. The number of carbonyl (C=O) groups is 1. The highest BCUT2D eigenvalue weighted by Gasteiger charge is 2.28. The number of nitriles is 1. The average molecular weight is 246 g/mol. The molecule has 0 N–H and O–H groups in total. The smallest absolute Gasteiger partial charge is 0.152 e. The van der Waals surface area contributed by atoms with E-state index in [4.69, 9.17) is 5.26 Å². The Balaban J connectivity index is 2.43. The number of piperidine rings is 1. The van der Waals surface area contributed by atoms with Gasteiger partial charge in [0.25, 0.3) is 0 Å². The maximum Gasteiger partial charge on any atom is 0.152 e. The van der Waals surface area contributed by atoms with Crippen LogP contribution >= 0.6 is 0 Å². The standard InChI is InChI=1S/C14H15FN2O/c1-10(18)13-6-2-3-8-17(13)14-7-4-5-12(15)11(14)9-16/h4-5,7,13H,2-3,6,8H2,1H3. The number of rotatable bonds is 2. The van der Waals surface area contributed by atoms with Crippen molar-refractivity contribution >= 4 is 11.5 Å². The molecule has 18 heavy (non-hydrogen) atoms. The normalized spacial score (nSPS) is 19.4. The highest BCUT2D eigenvalue weighted by Crippen LogP contribution is 2.29. The Labute approximate surface area is 106 Å². The number of halogens is 1. The number of nitrogens with zero attached hydrogens (tertiary/aromatic N) is 2. The summed E-state index contributed by atoms with van der Waals surface area (Å²) in [5.74, 6) is -0.453. The molecule has 2 rings (SSSR count). The third-order valence-electron chi connectivity index (χ3n) is 3.38. The van der Waals surface area contributed by atoms with Crippen molar-refractivity contribution < 1.29 is 9.18 Å². The van der Waals surface area contributed by atoms with E-state index >= 15 is 0 Å². The van der Waals surface area contributed by atoms with E-state index in [9.17, 15) is 9.18 Å². The molecule has 1 fully saturated rings. The predicted molar refractivity (Wildman–Crippen MR) is 66.8 cm³/mol. The van der Waals surface area contributed by atoms with Crippen molar-refractivity contribution in [1.29, 1.82) is 5.26 Å². The number of benzene rings is 1. The Morgan fingerprint density at radius 3 is 2.94 bits per heavy atom. The summed E-state index contributed by atoms with van der Waals surface area (Å²) in [6.45, 7) is 2.25. The van der Waals surface area contributed by atoms with Gasteiger partial charge in [0.2, 0.25) is 0 Å². The van der Waals surface area contributed by atoms with Crippen molar-refractivity contribution in [2.24, 2.45) is 0 Å². The van der Waals surface area contributed by atoms with Crippen LogP contribution in [0.2, 0.25) is 0 Å². The molecule has 0 amide bonds. The largest absolute Gasteiger partial charge is 0.360 e. The monoisotopic (exact) mass is 246 g/mol. The van der Waals surface area contributed by atoms with Crippen molar-refractivity contribution in [2.45, 2.75) is 32.2 Å². The summed E-state index contributed by atoms with van der Waals surface area (Å²) in [5, 5.41) is 9.05. The maximum atomic E-state index is 13.6. The molecule has 1 unspecified atom stereocenters. The number of ketones is 1. The molecule has 1 heterocycles. The molecule has 94 valence electrons. The molecule has 1 aromatic rings. The Morgan fingerprint density at radius 2 is 2.28 bits per heavy atom. The zero-order chi connectivity index (χ0) is 13.1. The van der Waals surface area contributed by atoms with Crippen LogP contribution in [0.3, 0.4) is 0 Å². The van der Waals surface area contributed by atoms with Crippen LogP contribution in [-0.4, -0.2) is 18.4 Å². The van der Waals surface area contributed by atoms with Crippen molar-refractivity contribution in [3.05, 3.63) is 29.6 Å². The minimum Gasteiger partial charge on any atom is -0.360 e. The zero-order valence-electron chi connectivity index (χ0n) is 10.3. The van der Waals surface area contributed by atoms with Gasteiger partial charge in [0.1, 0.15) is 17.4 Å². The molecule has 0 radical (unpaired) electrons. The van der Waals surface area contributed by atoms with Gasteiger partial charge in [-0.3, -0.25) is 4.79 Å². The Bertz CT molecular complexity index is 507. The molecule has 0 aromatic heterocycles. The number of hydrogen-bond acceptors (Lipinski definition) is 3. The molecule has 1 atom stereocenters. The van der Waals surface area contributed by atoms with Gasteiger partial charge in [-0.15, -0.1) is 0 Å². The fourth-order valence-corrected chi connectivity index (χ4v) is 2.51. The number of Topliss-reactive ketones (excluding diaryl/α,β-unsaturated/α-hetero) is 1. The van der Waals surface area contributed by atoms with Gasteiger partial charge in [-0.05, 0) is 38.3 Å². The van der Waals surface area contributed by atoms with Crippen LogP contribution in [0.5, 0.6) is 0 Å². The van der Waals surface area contributed by atoms with Gasteiger partial charge in [-0.2, -0.15) is 5.26 Å². The third-order valence-corrected chi connectivity index (χ3v) is 3.38. The summed E-state index contributed by atoms with van der Waals surface area (Å²) < 4.78 is 13.6. The fourth-order valence-electron chi connectivity index (χ4n) is 2.51. The molecule has 1 saturated heterocycles. The molecule has 1 aliphatic rings. The zero-order valence-corrected chi connectivity index (χ0v) is 10.3. The molecule has 1 aliphatic heterocycles. The Hall–Kier alpha value is -1.89. The van der Waals surface area contributed by atoms with E-state index in [0.717, 1.165) is 19.3 Å². The van der Waals surface area contributed by atoms with E-state index in [1.54, 1.807) is 19.1 Å². The van der Waals surface area contributed by atoms with Gasteiger partial charge in [0.15, 0.2) is 5.78 Å². The van der Waals surface area contributed by atoms with Crippen LogP contribution < -0.4 is 4.90 Å². The minimum absolute atomic E-state index is 0.0330. The lowest BCUT2D eigenvalue weighted by atomic mass is 9.97. The number of hydrogen-bond donors (Lipinski definition) is 0. The summed E-state index contributed by atoms with van der Waals surface area (Å²) >= 11 is 0. The fraction of sp³-hybridized carbons (Fsp3) is 0.429. The van der Waals surface area contributed by atoms with Crippen molar-refractivity contribution in [3.8, 4) is 6.07 Å². The number of anilines is 1. The van der Waals surface area contributed by atoms with Crippen LogP contribution in [-0.2, 0) is 4.79 Å². The van der Waals surface area contributed by atoms with Crippen molar-refractivity contribution in [1.82, 2.24) is 0 Å². The van der Waals surface area contributed by atoms with Gasteiger partial charge in [-0.25, -0.2) is 4.39 Å². The molecule has 0 bridgehead atoms. The second-order valence-electron chi connectivity index (χ2n) is 4.56. The molecular weight excluding hydrogens is 231 g/mol. The summed E-state index contributed by atoms with van der Waals surface area (Å²) in [6.07, 6.45) is 2.74. The topological polar surface area (TPSA) is 44.1 Å². The molecule has 0 aliphatic carbocycles. The van der Waals surface area contributed by atoms with Crippen molar-refractivity contribution in [2.75, 3.05) is 11.4 Å². The van der Waals surface area contributed by atoms with Crippen LogP contribution in [0.25, 0.3) is 0 Å². The highest BCUT2D eigenvalue weighted by molar-refractivity contribution is 5.85. The van der Waals surface area contributed by atoms with Crippen LogP contribution in [0, 0.1) is 17.1 Å². The second-order valence-corrected chi connectivity index (χ2v) is 4.56. The quantitative estimate of drug-likeness (QED) is 0.805. The van der Waals surface area contributed by atoms with E-state index in [2.05, 4.69) is 0 Å². The maximum absolute atomic E-state index is 13.6. The van der Waals surface area contributed by atoms with Gasteiger partial charge in [0, 0.05) is 6.54 Å². The summed E-state index contributed by atoms with van der Waals surface area (Å²) in [4.78, 5) is 13.5. The Kier molecular flexibility index (Phi) is 3.61. The predicted octanol–water partition coefficient (Wildman–Crippen LogP) is 2.65. The first kappa shape index (κ1) is 12.6. The van der Waals surface area contributed by atoms with Crippen LogP contribution in [0.1, 0.15) is 31.7 Å². The van der Waals surface area contributed by atoms with E-state index in [1.165, 1.54) is 6.07 Å². The van der Waals surface area contributed by atoms with E-state index in [0.29, 0.717) is 12.2 Å². The highest BCUT2D eigenvalue weighted by atomic mass is 19.1. The average Bonchev–Trinajstić information content (AvgIpc) is 2.38. The summed E-state index contributed by atoms with van der Waals surface area (Å²) in [5.41, 5.74) is 0.572. The summed E-state index contributed by atoms with van der Waals surface area (Å²) in [7, 11) is 0. The van der Waals surface area contributed by atoms with Gasteiger partial charge in [0.05, 0.1) is 11.7 Å². The van der Waals surface area contributed by atoms with Gasteiger partial charge in [-0.1, -0.05) is 6.07 Å². The van der Waals surface area contributed by atoms with Crippen molar-refractivity contribution in [3.63, 3.8) is 0 Å². The SMILES string of the molecule is CC(=O)C1CCCCN1c1cccc(F)c1C#N. The van der Waals surface area contributed by atoms with Gasteiger partial charge >= 0.3 is 0 Å². The molecule has 3 nitrogen and oxygen atoms in total. The van der Waals surface area contributed by atoms with Crippen LogP contribution in [0.15, 0.2) is 18.2 Å². The third kappa shape index (κ3) is 2.21. The number of carbonyl (C=O) groups excluding carboxylic acids is 1. The second kappa shape index (κ2) is 5.18. The molecule has 1 aromatic carbocycles. The van der Waals surface area contributed by atoms with E-state index in [1.807, 2.05) is 11.0 Å². The molecule has 4 heteroatoms. The molecule has 0 spiro atoms. The summed E-state index contributed by atoms with van der Waals surface area (Å²) in [6, 6.07) is 6.23. The van der Waals surface area contributed by atoms with Gasteiger partial charge < -0.3 is 4.90 Å². The van der Waals surface area contributed by atoms with Crippen LogP contribution in [0.4, 0.5) is 10.1 Å². The first-order chi connectivity index (χ1) is 8.65. The minimum atomic E-state index is -0.525. The van der Waals surface area contributed by atoms with E-state index in [-0.39, 0.29) is 17.4 Å². The molecular formula is C14H15FN2O. The lowest BCUT2D eigenvalue weighted by molar-refractivity contribution is -0.118. The van der Waals surface area contributed by atoms with E-state index < -0.39 is 5.82 Å². The Morgan fingerprint density at radius 1 is 1.50 bits per heavy atom. The first-order valence-corrected chi connectivity index (χ1v) is 6.11. The molecule has 0 saturated carbocycles.